The largest absolute Gasteiger partial charge is 0.290 e. The molecular weight excluding hydrogens is 148 g/mol. The maximum Gasteiger partial charge on any atom is 0.0506 e. The molecule has 0 amide bonds. The van der Waals surface area contributed by atoms with Crippen LogP contribution in [0, 0.1) is 17.3 Å². The van der Waals surface area contributed by atoms with Crippen LogP contribution in [0.3, 0.4) is 0 Å². The van der Waals surface area contributed by atoms with Gasteiger partial charge in [-0.05, 0) is 17.3 Å². The molecular formula is C10H18N2. The van der Waals surface area contributed by atoms with Gasteiger partial charge in [0.25, 0.3) is 0 Å². The summed E-state index contributed by atoms with van der Waals surface area (Å²) in [4.78, 5) is 5.27. The fourth-order valence-corrected chi connectivity index (χ4v) is 3.59. The highest BCUT2D eigenvalue weighted by atomic mass is 15.4. The van der Waals surface area contributed by atoms with E-state index in [0.29, 0.717) is 5.41 Å². The third-order valence-electron chi connectivity index (χ3n) is 4.36. The molecule has 4 aliphatic heterocycles. The second kappa shape index (κ2) is 2.05. The van der Waals surface area contributed by atoms with E-state index in [1.165, 1.54) is 32.8 Å². The van der Waals surface area contributed by atoms with Gasteiger partial charge in [0.05, 0.1) is 6.67 Å². The summed E-state index contributed by atoms with van der Waals surface area (Å²) in [6.07, 6.45) is 0. The lowest BCUT2D eigenvalue weighted by atomic mass is 9.64. The molecule has 2 heteroatoms. The number of piperidine rings is 2. The molecule has 12 heavy (non-hydrogen) atoms. The molecule has 4 fully saturated rings. The van der Waals surface area contributed by atoms with Gasteiger partial charge in [0.2, 0.25) is 0 Å². The first-order chi connectivity index (χ1) is 5.67. The standard InChI is InChI=1S/C10H18N2/c1-8-9-3-11-5-10(8,2)6-12(4-9)7-11/h8-9H,3-7H2,1-2H3. The molecule has 0 spiro atoms. The Morgan fingerprint density at radius 2 is 1.75 bits per heavy atom. The average Bonchev–Trinajstić information content (AvgIpc) is 1.98. The van der Waals surface area contributed by atoms with Crippen LogP contribution in [0.15, 0.2) is 0 Å². The van der Waals surface area contributed by atoms with E-state index in [9.17, 15) is 0 Å². The van der Waals surface area contributed by atoms with E-state index in [2.05, 4.69) is 23.6 Å². The van der Waals surface area contributed by atoms with Crippen LogP contribution in [0.5, 0.6) is 0 Å². The van der Waals surface area contributed by atoms with Gasteiger partial charge in [-0.15, -0.1) is 0 Å². The number of hydrogen-bond donors (Lipinski definition) is 0. The number of rotatable bonds is 0. The van der Waals surface area contributed by atoms with E-state index in [-0.39, 0.29) is 0 Å². The second-order valence-electron chi connectivity index (χ2n) is 5.37. The Balaban J connectivity index is 1.97. The number of nitrogens with zero attached hydrogens (tertiary/aromatic N) is 2. The summed E-state index contributed by atoms with van der Waals surface area (Å²) in [7, 11) is 0. The topological polar surface area (TPSA) is 6.48 Å². The molecule has 4 heterocycles. The molecule has 0 saturated carbocycles. The van der Waals surface area contributed by atoms with E-state index >= 15 is 0 Å². The summed E-state index contributed by atoms with van der Waals surface area (Å²) in [6.45, 7) is 11.6. The maximum absolute atomic E-state index is 2.64. The van der Waals surface area contributed by atoms with Crippen molar-refractivity contribution in [1.82, 2.24) is 9.80 Å². The fourth-order valence-electron chi connectivity index (χ4n) is 3.59. The molecule has 4 rings (SSSR count). The molecule has 0 aromatic rings. The molecule has 4 bridgehead atoms. The van der Waals surface area contributed by atoms with Gasteiger partial charge >= 0.3 is 0 Å². The van der Waals surface area contributed by atoms with E-state index in [0.717, 1.165) is 11.8 Å². The van der Waals surface area contributed by atoms with Crippen LogP contribution in [0.25, 0.3) is 0 Å². The monoisotopic (exact) mass is 166 g/mol. The smallest absolute Gasteiger partial charge is 0.0506 e. The SMILES string of the molecule is CC1C2CN3CN(C2)CC1(C)C3. The second-order valence-corrected chi connectivity index (χ2v) is 5.37. The Morgan fingerprint density at radius 1 is 1.17 bits per heavy atom. The molecule has 0 radical (unpaired) electrons. The van der Waals surface area contributed by atoms with Gasteiger partial charge in [-0.25, -0.2) is 0 Å². The summed E-state index contributed by atoms with van der Waals surface area (Å²) in [5, 5.41) is 0. The molecule has 4 aliphatic rings. The maximum atomic E-state index is 2.64. The van der Waals surface area contributed by atoms with Crippen LogP contribution >= 0.6 is 0 Å². The molecule has 2 nitrogen and oxygen atoms in total. The van der Waals surface area contributed by atoms with Crippen LogP contribution < -0.4 is 0 Å². The van der Waals surface area contributed by atoms with Crippen molar-refractivity contribution in [1.29, 1.82) is 0 Å². The van der Waals surface area contributed by atoms with Gasteiger partial charge in [-0.1, -0.05) is 13.8 Å². The summed E-state index contributed by atoms with van der Waals surface area (Å²) < 4.78 is 0. The fraction of sp³-hybridized carbons (Fsp3) is 1.00. The Labute approximate surface area is 74.5 Å². The van der Waals surface area contributed by atoms with Crippen LogP contribution in [-0.2, 0) is 0 Å². The van der Waals surface area contributed by atoms with Crippen molar-refractivity contribution in [3.8, 4) is 0 Å². The predicted octanol–water partition coefficient (Wildman–Crippen LogP) is 0.847. The van der Waals surface area contributed by atoms with Crippen molar-refractivity contribution in [3.05, 3.63) is 0 Å². The first-order valence-corrected chi connectivity index (χ1v) is 5.12. The molecule has 0 aromatic carbocycles. The van der Waals surface area contributed by atoms with E-state index in [1.807, 2.05) is 0 Å². The third kappa shape index (κ3) is 0.775. The zero-order valence-electron chi connectivity index (χ0n) is 8.08. The zero-order valence-corrected chi connectivity index (χ0v) is 8.08. The highest BCUT2D eigenvalue weighted by Gasteiger charge is 2.51. The van der Waals surface area contributed by atoms with Gasteiger partial charge in [-0.3, -0.25) is 9.80 Å². The quantitative estimate of drug-likeness (QED) is 0.526. The lowest BCUT2D eigenvalue weighted by Gasteiger charge is -2.61. The molecule has 0 aliphatic carbocycles. The van der Waals surface area contributed by atoms with Crippen LogP contribution in [0.4, 0.5) is 0 Å². The predicted molar refractivity (Wildman–Crippen MR) is 48.8 cm³/mol. The summed E-state index contributed by atoms with van der Waals surface area (Å²) in [5.41, 5.74) is 0.611. The lowest BCUT2D eigenvalue weighted by molar-refractivity contribution is -0.148. The van der Waals surface area contributed by atoms with Crippen LogP contribution in [-0.4, -0.2) is 42.6 Å². The lowest BCUT2D eigenvalue weighted by Crippen LogP contribution is -2.69. The van der Waals surface area contributed by atoms with Crippen molar-refractivity contribution in [2.75, 3.05) is 32.8 Å². The molecule has 3 unspecified atom stereocenters. The summed E-state index contributed by atoms with van der Waals surface area (Å²) >= 11 is 0. The summed E-state index contributed by atoms with van der Waals surface area (Å²) in [5.74, 6) is 1.91. The van der Waals surface area contributed by atoms with Crippen molar-refractivity contribution in [2.45, 2.75) is 13.8 Å². The Morgan fingerprint density at radius 3 is 2.25 bits per heavy atom. The molecule has 68 valence electrons. The van der Waals surface area contributed by atoms with E-state index in [4.69, 9.17) is 0 Å². The van der Waals surface area contributed by atoms with Crippen molar-refractivity contribution in [3.63, 3.8) is 0 Å². The number of hydrogen-bond acceptors (Lipinski definition) is 2. The zero-order chi connectivity index (χ0) is 8.34. The minimum Gasteiger partial charge on any atom is -0.290 e. The highest BCUT2D eigenvalue weighted by Crippen LogP contribution is 2.46. The Hall–Kier alpha value is -0.0800. The minimum absolute atomic E-state index is 0.611. The molecule has 0 aromatic heterocycles. The van der Waals surface area contributed by atoms with Gasteiger partial charge in [0.15, 0.2) is 0 Å². The average molecular weight is 166 g/mol. The van der Waals surface area contributed by atoms with E-state index < -0.39 is 0 Å². The first-order valence-electron chi connectivity index (χ1n) is 5.12. The molecule has 0 N–H and O–H groups in total. The van der Waals surface area contributed by atoms with Crippen molar-refractivity contribution < 1.29 is 0 Å². The van der Waals surface area contributed by atoms with Gasteiger partial charge in [-0.2, -0.15) is 0 Å². The van der Waals surface area contributed by atoms with Crippen molar-refractivity contribution in [2.24, 2.45) is 17.3 Å². The van der Waals surface area contributed by atoms with Gasteiger partial charge in [0, 0.05) is 26.2 Å². The first kappa shape index (κ1) is 7.34. The molecule has 3 atom stereocenters. The Bertz CT molecular complexity index is 200. The Kier molecular flexibility index (Phi) is 1.25. The van der Waals surface area contributed by atoms with Gasteiger partial charge < -0.3 is 0 Å². The van der Waals surface area contributed by atoms with Crippen LogP contribution in [0.2, 0.25) is 0 Å². The third-order valence-corrected chi connectivity index (χ3v) is 4.36. The van der Waals surface area contributed by atoms with Crippen LogP contribution in [0.1, 0.15) is 13.8 Å². The van der Waals surface area contributed by atoms with Gasteiger partial charge in [0.1, 0.15) is 0 Å². The summed E-state index contributed by atoms with van der Waals surface area (Å²) in [6, 6.07) is 0. The van der Waals surface area contributed by atoms with E-state index in [1.54, 1.807) is 0 Å². The van der Waals surface area contributed by atoms with Crippen molar-refractivity contribution >= 4 is 0 Å². The normalized spacial score (nSPS) is 62.5. The highest BCUT2D eigenvalue weighted by molar-refractivity contribution is 5.02. The minimum atomic E-state index is 0.611. The molecule has 4 saturated heterocycles.